The number of ether oxygens (including phenoxy) is 1. The molecule has 2 aromatic carbocycles. The Morgan fingerprint density at radius 3 is 2.52 bits per heavy atom. The molecule has 0 saturated heterocycles. The highest BCUT2D eigenvalue weighted by molar-refractivity contribution is 5.68. The van der Waals surface area contributed by atoms with Crippen LogP contribution < -0.4 is 9.80 Å². The number of carbonyl (C=O) groups excluding carboxylic acids is 1. The van der Waals surface area contributed by atoms with E-state index >= 15 is 0 Å². The van der Waals surface area contributed by atoms with E-state index < -0.39 is 5.97 Å². The highest BCUT2D eigenvalue weighted by atomic mass is 16.7. The van der Waals surface area contributed by atoms with Crippen LogP contribution in [0.1, 0.15) is 12.5 Å². The van der Waals surface area contributed by atoms with Gasteiger partial charge in [-0.2, -0.15) is 0 Å². The number of hydrogen-bond donors (Lipinski definition) is 1. The summed E-state index contributed by atoms with van der Waals surface area (Å²) in [7, 11) is 1.46. The molecule has 0 unspecified atom stereocenters. The molecule has 0 aliphatic rings. The monoisotopic (exact) mass is 287 g/mol. The van der Waals surface area contributed by atoms with E-state index in [1.165, 1.54) is 25.2 Å². The van der Waals surface area contributed by atoms with Crippen molar-refractivity contribution in [2.24, 2.45) is 0 Å². The van der Waals surface area contributed by atoms with Gasteiger partial charge in [0.05, 0.1) is 19.3 Å². The summed E-state index contributed by atoms with van der Waals surface area (Å²) < 4.78 is 5.07. The van der Waals surface area contributed by atoms with Gasteiger partial charge in [0.15, 0.2) is 11.5 Å². The highest BCUT2D eigenvalue weighted by Crippen LogP contribution is 2.31. The zero-order valence-corrected chi connectivity index (χ0v) is 11.9. The number of phenols is 1. The Bertz CT molecular complexity index is 613. The lowest BCUT2D eigenvalue weighted by Crippen LogP contribution is -2.25. The maximum atomic E-state index is 11.3. The topological polar surface area (TPSA) is 59.0 Å². The Morgan fingerprint density at radius 1 is 1.19 bits per heavy atom. The van der Waals surface area contributed by atoms with Gasteiger partial charge in [0.2, 0.25) is 0 Å². The minimum atomic E-state index is -0.419. The number of methoxy groups -OCH3 is 1. The molecule has 21 heavy (non-hydrogen) atoms. The molecule has 0 bridgehead atoms. The molecule has 0 aliphatic carbocycles. The van der Waals surface area contributed by atoms with Crippen LogP contribution in [0.15, 0.2) is 48.5 Å². The molecule has 1 N–H and O–H groups in total. The fourth-order valence-electron chi connectivity index (χ4n) is 1.90. The summed E-state index contributed by atoms with van der Waals surface area (Å²) in [5.74, 6) is -0.0700. The van der Waals surface area contributed by atoms with Crippen LogP contribution in [0.3, 0.4) is 0 Å². The first-order chi connectivity index (χ1) is 10.1. The van der Waals surface area contributed by atoms with Gasteiger partial charge < -0.3 is 14.7 Å². The predicted molar refractivity (Wildman–Crippen MR) is 79.0 cm³/mol. The van der Waals surface area contributed by atoms with Crippen molar-refractivity contribution < 1.29 is 19.5 Å². The van der Waals surface area contributed by atoms with E-state index in [0.29, 0.717) is 18.0 Å². The molecule has 0 amide bonds. The highest BCUT2D eigenvalue weighted by Gasteiger charge is 2.13. The molecule has 2 rings (SSSR count). The molecular formula is C16H17NO4. The number of nitrogens with zero attached hydrogens (tertiary/aromatic N) is 1. The van der Waals surface area contributed by atoms with Crippen LogP contribution >= 0.6 is 0 Å². The first-order valence-electron chi connectivity index (χ1n) is 6.47. The summed E-state index contributed by atoms with van der Waals surface area (Å²) in [6.07, 6.45) is 0. The Balaban J connectivity index is 2.29. The molecular weight excluding hydrogens is 270 g/mol. The van der Waals surface area contributed by atoms with Crippen molar-refractivity contribution in [3.05, 3.63) is 54.1 Å². The van der Waals surface area contributed by atoms with E-state index in [4.69, 9.17) is 9.57 Å². The SMILES string of the molecule is COc1cc(N(Cc2ccccc2)OC(C)=O)ccc1O. The summed E-state index contributed by atoms with van der Waals surface area (Å²) in [6, 6.07) is 14.4. The fourth-order valence-corrected chi connectivity index (χ4v) is 1.90. The van der Waals surface area contributed by atoms with E-state index in [1.807, 2.05) is 30.3 Å². The van der Waals surface area contributed by atoms with Crippen molar-refractivity contribution in [2.45, 2.75) is 13.5 Å². The molecule has 2 aromatic rings. The van der Waals surface area contributed by atoms with E-state index in [9.17, 15) is 9.90 Å². The molecule has 0 aliphatic heterocycles. The van der Waals surface area contributed by atoms with Crippen molar-refractivity contribution in [1.82, 2.24) is 0 Å². The zero-order valence-electron chi connectivity index (χ0n) is 11.9. The Morgan fingerprint density at radius 2 is 1.90 bits per heavy atom. The second kappa shape index (κ2) is 6.65. The lowest BCUT2D eigenvalue weighted by atomic mass is 10.2. The summed E-state index contributed by atoms with van der Waals surface area (Å²) in [6.45, 7) is 1.74. The minimum absolute atomic E-state index is 0.0312. The Kier molecular flexibility index (Phi) is 4.66. The molecule has 0 radical (unpaired) electrons. The standard InChI is InChI=1S/C16H17NO4/c1-12(18)21-17(11-13-6-4-3-5-7-13)14-8-9-15(19)16(10-14)20-2/h3-10,19H,11H2,1-2H3. The van der Waals surface area contributed by atoms with Gasteiger partial charge in [0.25, 0.3) is 0 Å². The number of phenolic OH excluding ortho intramolecular Hbond substituents is 1. The summed E-state index contributed by atoms with van der Waals surface area (Å²) in [5.41, 5.74) is 1.61. The first kappa shape index (κ1) is 14.7. The van der Waals surface area contributed by atoms with Gasteiger partial charge in [-0.05, 0) is 17.7 Å². The number of anilines is 1. The van der Waals surface area contributed by atoms with Gasteiger partial charge >= 0.3 is 5.97 Å². The smallest absolute Gasteiger partial charge is 0.329 e. The molecule has 5 nitrogen and oxygen atoms in total. The second-order valence-corrected chi connectivity index (χ2v) is 4.46. The molecule has 0 heterocycles. The van der Waals surface area contributed by atoms with Crippen molar-refractivity contribution in [3.8, 4) is 11.5 Å². The average Bonchev–Trinajstić information content (AvgIpc) is 2.48. The second-order valence-electron chi connectivity index (χ2n) is 4.46. The number of hydrogen-bond acceptors (Lipinski definition) is 5. The predicted octanol–water partition coefficient (Wildman–Crippen LogP) is 2.89. The summed E-state index contributed by atoms with van der Waals surface area (Å²) >= 11 is 0. The summed E-state index contributed by atoms with van der Waals surface area (Å²) in [5, 5.41) is 11.1. The number of aromatic hydroxyl groups is 1. The Hall–Kier alpha value is -2.69. The van der Waals surface area contributed by atoms with Crippen LogP contribution in [0.2, 0.25) is 0 Å². The normalized spacial score (nSPS) is 10.0. The largest absolute Gasteiger partial charge is 0.504 e. The van der Waals surface area contributed by atoms with Crippen LogP contribution in [0.5, 0.6) is 11.5 Å². The number of carbonyl (C=O) groups is 1. The molecule has 0 aromatic heterocycles. The molecule has 0 spiro atoms. The van der Waals surface area contributed by atoms with Gasteiger partial charge in [-0.3, -0.25) is 4.79 Å². The van der Waals surface area contributed by atoms with Gasteiger partial charge in [-0.25, -0.2) is 5.06 Å². The van der Waals surface area contributed by atoms with Gasteiger partial charge in [-0.1, -0.05) is 30.3 Å². The van der Waals surface area contributed by atoms with E-state index in [-0.39, 0.29) is 5.75 Å². The van der Waals surface area contributed by atoms with Crippen molar-refractivity contribution in [1.29, 1.82) is 0 Å². The van der Waals surface area contributed by atoms with Gasteiger partial charge in [0, 0.05) is 13.0 Å². The van der Waals surface area contributed by atoms with Crippen molar-refractivity contribution in [3.63, 3.8) is 0 Å². The zero-order chi connectivity index (χ0) is 15.2. The third-order valence-corrected chi connectivity index (χ3v) is 2.86. The average molecular weight is 287 g/mol. The number of rotatable bonds is 5. The van der Waals surface area contributed by atoms with E-state index in [0.717, 1.165) is 5.56 Å². The lowest BCUT2D eigenvalue weighted by molar-refractivity contribution is -0.142. The van der Waals surface area contributed by atoms with Crippen molar-refractivity contribution >= 4 is 11.7 Å². The van der Waals surface area contributed by atoms with Crippen LogP contribution in [0.4, 0.5) is 5.69 Å². The fraction of sp³-hybridized carbons (Fsp3) is 0.188. The maximum Gasteiger partial charge on any atom is 0.329 e. The summed E-state index contributed by atoms with van der Waals surface area (Å²) in [4.78, 5) is 16.5. The number of benzene rings is 2. The molecule has 0 fully saturated rings. The Labute approximate surface area is 123 Å². The van der Waals surface area contributed by atoms with Crippen LogP contribution in [-0.4, -0.2) is 18.2 Å². The lowest BCUT2D eigenvalue weighted by Gasteiger charge is -2.23. The van der Waals surface area contributed by atoms with E-state index in [2.05, 4.69) is 0 Å². The third kappa shape index (κ3) is 3.89. The number of hydroxylamine groups is 1. The maximum absolute atomic E-state index is 11.3. The minimum Gasteiger partial charge on any atom is -0.504 e. The quantitative estimate of drug-likeness (QED) is 0.857. The van der Waals surface area contributed by atoms with E-state index in [1.54, 1.807) is 12.1 Å². The third-order valence-electron chi connectivity index (χ3n) is 2.86. The van der Waals surface area contributed by atoms with Crippen LogP contribution in [0, 0.1) is 0 Å². The molecule has 110 valence electrons. The van der Waals surface area contributed by atoms with Crippen LogP contribution in [0.25, 0.3) is 0 Å². The molecule has 0 saturated carbocycles. The van der Waals surface area contributed by atoms with Gasteiger partial charge in [0.1, 0.15) is 0 Å². The first-order valence-corrected chi connectivity index (χ1v) is 6.47. The molecule has 0 atom stereocenters. The van der Waals surface area contributed by atoms with Crippen LogP contribution in [-0.2, 0) is 16.2 Å². The van der Waals surface area contributed by atoms with Crippen molar-refractivity contribution in [2.75, 3.05) is 12.2 Å². The molecule has 5 heteroatoms. The van der Waals surface area contributed by atoms with Gasteiger partial charge in [-0.15, -0.1) is 0 Å².